The van der Waals surface area contributed by atoms with Gasteiger partial charge in [0, 0.05) is 31.0 Å². The molecule has 2 aromatic rings. The van der Waals surface area contributed by atoms with Gasteiger partial charge in [0.1, 0.15) is 0 Å². The van der Waals surface area contributed by atoms with E-state index >= 15 is 0 Å². The quantitative estimate of drug-likeness (QED) is 0.863. The summed E-state index contributed by atoms with van der Waals surface area (Å²) < 4.78 is 1.74. The van der Waals surface area contributed by atoms with E-state index in [1.54, 1.807) is 29.9 Å². The van der Waals surface area contributed by atoms with Crippen molar-refractivity contribution in [3.8, 4) is 0 Å². The zero-order valence-electron chi connectivity index (χ0n) is 14.6. The number of aryl methyl sites for hydroxylation is 2. The average Bonchev–Trinajstić information content (AvgIpc) is 2.77. The van der Waals surface area contributed by atoms with Gasteiger partial charge in [0.2, 0.25) is 11.8 Å². The number of hydrogen-bond donors (Lipinski definition) is 1. The van der Waals surface area contributed by atoms with Crippen molar-refractivity contribution in [1.82, 2.24) is 14.7 Å². The monoisotopic (exact) mass is 382 g/mol. The van der Waals surface area contributed by atoms with Gasteiger partial charge < -0.3 is 10.2 Å². The molecule has 0 aliphatic rings. The number of aromatic nitrogens is 2. The molecule has 0 saturated heterocycles. The third kappa shape index (κ3) is 4.74. The van der Waals surface area contributed by atoms with Crippen LogP contribution in [0.5, 0.6) is 0 Å². The van der Waals surface area contributed by atoms with Crippen molar-refractivity contribution in [2.75, 3.05) is 18.9 Å². The molecule has 0 aliphatic carbocycles. The van der Waals surface area contributed by atoms with E-state index < -0.39 is 0 Å². The van der Waals surface area contributed by atoms with Crippen LogP contribution in [0.4, 0.5) is 5.69 Å². The number of anilines is 1. The van der Waals surface area contributed by atoms with Crippen LogP contribution in [-0.2, 0) is 23.1 Å². The van der Waals surface area contributed by atoms with Crippen molar-refractivity contribution in [3.63, 3.8) is 0 Å². The van der Waals surface area contributed by atoms with Crippen LogP contribution in [-0.4, -0.2) is 40.1 Å². The molecule has 1 heterocycles. The first-order valence-corrected chi connectivity index (χ1v) is 8.42. The molecule has 0 fully saturated rings. The topological polar surface area (TPSA) is 67.2 Å². The maximum Gasteiger partial charge on any atom is 0.243 e. The highest BCUT2D eigenvalue weighted by Crippen LogP contribution is 2.25. The number of hydrogen-bond acceptors (Lipinski definition) is 3. The molecule has 8 heteroatoms. The molecule has 6 nitrogen and oxygen atoms in total. The minimum atomic E-state index is -0.311. The predicted molar refractivity (Wildman–Crippen MR) is 99.1 cm³/mol. The number of likely N-dealkylation sites (N-methyl/N-ethyl adjacent to an activating group) is 1. The standard InChI is InChI=1S/C17H20Cl2N4O2/c1-10-13(11(2)23(4)21-10)8-17(25)22(3)9-16(24)20-12-5-6-14(18)15(19)7-12/h5-7H,8-9H2,1-4H3,(H,20,24). The molecule has 0 bridgehead atoms. The Morgan fingerprint density at radius 2 is 1.92 bits per heavy atom. The fourth-order valence-electron chi connectivity index (χ4n) is 2.44. The summed E-state index contributed by atoms with van der Waals surface area (Å²) in [6.07, 6.45) is 0.210. The van der Waals surface area contributed by atoms with E-state index in [9.17, 15) is 9.59 Å². The molecule has 0 unspecified atom stereocenters. The van der Waals surface area contributed by atoms with Crippen molar-refractivity contribution in [2.45, 2.75) is 20.3 Å². The summed E-state index contributed by atoms with van der Waals surface area (Å²) in [7, 11) is 3.43. The lowest BCUT2D eigenvalue weighted by atomic mass is 10.1. The lowest BCUT2D eigenvalue weighted by Crippen LogP contribution is -2.36. The fourth-order valence-corrected chi connectivity index (χ4v) is 2.74. The number of nitrogens with zero attached hydrogens (tertiary/aromatic N) is 3. The molecule has 2 rings (SSSR count). The third-order valence-electron chi connectivity index (χ3n) is 4.00. The van der Waals surface area contributed by atoms with E-state index in [1.807, 2.05) is 20.9 Å². The number of benzene rings is 1. The van der Waals surface area contributed by atoms with E-state index in [1.165, 1.54) is 4.90 Å². The van der Waals surface area contributed by atoms with E-state index in [-0.39, 0.29) is 24.8 Å². The Kier molecular flexibility index (Phi) is 6.08. The Morgan fingerprint density at radius 3 is 2.48 bits per heavy atom. The van der Waals surface area contributed by atoms with Gasteiger partial charge in [-0.2, -0.15) is 5.10 Å². The first-order valence-electron chi connectivity index (χ1n) is 7.67. The maximum absolute atomic E-state index is 12.4. The van der Waals surface area contributed by atoms with E-state index in [4.69, 9.17) is 23.2 Å². The SMILES string of the molecule is Cc1nn(C)c(C)c1CC(=O)N(C)CC(=O)Nc1ccc(Cl)c(Cl)c1. The minimum absolute atomic E-state index is 0.0581. The second kappa shape index (κ2) is 7.89. The Morgan fingerprint density at radius 1 is 1.24 bits per heavy atom. The summed E-state index contributed by atoms with van der Waals surface area (Å²) in [5.41, 5.74) is 3.19. The first-order chi connectivity index (χ1) is 11.7. The highest BCUT2D eigenvalue weighted by Gasteiger charge is 2.18. The van der Waals surface area contributed by atoms with Crippen LogP contribution < -0.4 is 5.32 Å². The zero-order valence-corrected chi connectivity index (χ0v) is 16.1. The highest BCUT2D eigenvalue weighted by molar-refractivity contribution is 6.42. The van der Waals surface area contributed by atoms with Gasteiger partial charge in [-0.15, -0.1) is 0 Å². The van der Waals surface area contributed by atoms with Crippen LogP contribution in [0.25, 0.3) is 0 Å². The molecule has 0 radical (unpaired) electrons. The smallest absolute Gasteiger partial charge is 0.243 e. The summed E-state index contributed by atoms with van der Waals surface area (Å²) in [5.74, 6) is -0.461. The predicted octanol–water partition coefficient (Wildman–Crippen LogP) is 2.98. The molecular formula is C17H20Cl2N4O2. The van der Waals surface area contributed by atoms with Gasteiger partial charge in [-0.05, 0) is 32.0 Å². The van der Waals surface area contributed by atoms with Gasteiger partial charge in [0.25, 0.3) is 0 Å². The van der Waals surface area contributed by atoms with Gasteiger partial charge >= 0.3 is 0 Å². The van der Waals surface area contributed by atoms with Crippen molar-refractivity contribution in [3.05, 3.63) is 45.2 Å². The Balaban J connectivity index is 1.95. The highest BCUT2D eigenvalue weighted by atomic mass is 35.5. The second-order valence-electron chi connectivity index (χ2n) is 5.88. The van der Waals surface area contributed by atoms with E-state index in [0.717, 1.165) is 17.0 Å². The number of rotatable bonds is 5. The molecule has 0 atom stereocenters. The number of amides is 2. The molecule has 0 saturated carbocycles. The summed E-state index contributed by atoms with van der Waals surface area (Å²) in [6.45, 7) is 3.73. The fraction of sp³-hybridized carbons (Fsp3) is 0.353. The molecule has 1 aromatic carbocycles. The lowest BCUT2D eigenvalue weighted by molar-refractivity contribution is -0.132. The number of halogens is 2. The Labute approximate surface area is 156 Å². The van der Waals surface area contributed by atoms with Gasteiger partial charge in [-0.1, -0.05) is 23.2 Å². The summed E-state index contributed by atoms with van der Waals surface area (Å²) >= 11 is 11.8. The maximum atomic E-state index is 12.4. The molecule has 134 valence electrons. The van der Waals surface area contributed by atoms with Crippen LogP contribution in [0.3, 0.4) is 0 Å². The number of carbonyl (C=O) groups excluding carboxylic acids is 2. The van der Waals surface area contributed by atoms with Crippen LogP contribution >= 0.6 is 23.2 Å². The summed E-state index contributed by atoms with van der Waals surface area (Å²) in [5, 5.41) is 7.76. The number of carbonyl (C=O) groups is 2. The van der Waals surface area contributed by atoms with E-state index in [0.29, 0.717) is 15.7 Å². The Bertz CT molecular complexity index is 817. The molecule has 0 spiro atoms. The zero-order chi connectivity index (χ0) is 18.7. The van der Waals surface area contributed by atoms with Crippen LogP contribution in [0.1, 0.15) is 17.0 Å². The van der Waals surface area contributed by atoms with Gasteiger partial charge in [0.05, 0.1) is 28.7 Å². The second-order valence-corrected chi connectivity index (χ2v) is 6.69. The van der Waals surface area contributed by atoms with Gasteiger partial charge in [-0.25, -0.2) is 0 Å². The van der Waals surface area contributed by atoms with Crippen LogP contribution in [0, 0.1) is 13.8 Å². The summed E-state index contributed by atoms with van der Waals surface area (Å²) in [6, 6.07) is 4.81. The Hall–Kier alpha value is -2.05. The molecule has 25 heavy (non-hydrogen) atoms. The molecule has 1 N–H and O–H groups in total. The van der Waals surface area contributed by atoms with Crippen molar-refractivity contribution >= 4 is 40.7 Å². The summed E-state index contributed by atoms with van der Waals surface area (Å²) in [4.78, 5) is 25.9. The van der Waals surface area contributed by atoms with Crippen molar-refractivity contribution in [1.29, 1.82) is 0 Å². The van der Waals surface area contributed by atoms with Gasteiger partial charge in [0.15, 0.2) is 0 Å². The largest absolute Gasteiger partial charge is 0.336 e. The van der Waals surface area contributed by atoms with Crippen LogP contribution in [0.15, 0.2) is 18.2 Å². The normalized spacial score (nSPS) is 10.6. The molecule has 1 aromatic heterocycles. The van der Waals surface area contributed by atoms with Gasteiger partial charge in [-0.3, -0.25) is 14.3 Å². The minimum Gasteiger partial charge on any atom is -0.336 e. The molecule has 0 aliphatic heterocycles. The molecular weight excluding hydrogens is 363 g/mol. The average molecular weight is 383 g/mol. The number of nitrogens with one attached hydrogen (secondary N) is 1. The van der Waals surface area contributed by atoms with Crippen LogP contribution in [0.2, 0.25) is 10.0 Å². The van der Waals surface area contributed by atoms with E-state index in [2.05, 4.69) is 10.4 Å². The first kappa shape index (κ1) is 19.3. The van der Waals surface area contributed by atoms with Crippen molar-refractivity contribution in [2.24, 2.45) is 7.05 Å². The molecule has 2 amide bonds. The lowest BCUT2D eigenvalue weighted by Gasteiger charge is -2.17. The third-order valence-corrected chi connectivity index (χ3v) is 4.74. The van der Waals surface area contributed by atoms with Crippen molar-refractivity contribution < 1.29 is 9.59 Å².